The van der Waals surface area contributed by atoms with Crippen LogP contribution in [0.2, 0.25) is 0 Å². The van der Waals surface area contributed by atoms with Gasteiger partial charge in [-0.15, -0.1) is 0 Å². The first kappa shape index (κ1) is 18.6. The molecule has 0 radical (unpaired) electrons. The van der Waals surface area contributed by atoms with Gasteiger partial charge in [-0.25, -0.2) is 4.79 Å². The third-order valence-electron chi connectivity index (χ3n) is 4.93. The number of piperazine rings is 1. The molecule has 6 nitrogen and oxygen atoms in total. The minimum Gasteiger partial charge on any atom is -0.451 e. The molecule has 2 aromatic carbocycles. The van der Waals surface area contributed by atoms with E-state index in [4.69, 9.17) is 4.42 Å². The van der Waals surface area contributed by atoms with Gasteiger partial charge in [0.15, 0.2) is 5.76 Å². The van der Waals surface area contributed by atoms with E-state index in [-0.39, 0.29) is 18.0 Å². The zero-order valence-corrected chi connectivity index (χ0v) is 17.0. The van der Waals surface area contributed by atoms with Crippen molar-refractivity contribution in [3.8, 4) is 0 Å². The van der Waals surface area contributed by atoms with Crippen molar-refractivity contribution in [2.45, 2.75) is 13.0 Å². The molecule has 4 rings (SSSR count). The van der Waals surface area contributed by atoms with Crippen molar-refractivity contribution in [3.63, 3.8) is 0 Å². The molecule has 7 heteroatoms. The third kappa shape index (κ3) is 3.62. The molecule has 1 unspecified atom stereocenters. The topological polar surface area (TPSA) is 65.8 Å². The second-order valence-corrected chi connectivity index (χ2v) is 7.71. The number of urea groups is 1. The van der Waals surface area contributed by atoms with E-state index in [0.717, 1.165) is 15.5 Å². The van der Waals surface area contributed by atoms with E-state index in [0.29, 0.717) is 31.0 Å². The third-order valence-corrected chi connectivity index (χ3v) is 5.62. The highest BCUT2D eigenvalue weighted by molar-refractivity contribution is 9.10. The summed E-state index contributed by atoms with van der Waals surface area (Å²) in [6.45, 7) is 3.32. The van der Waals surface area contributed by atoms with Crippen LogP contribution in [0.3, 0.4) is 0 Å². The molecule has 144 valence electrons. The molecule has 0 spiro atoms. The minimum absolute atomic E-state index is 0.107. The fourth-order valence-corrected chi connectivity index (χ4v) is 3.82. The molecule has 0 bridgehead atoms. The van der Waals surface area contributed by atoms with Gasteiger partial charge in [0.2, 0.25) is 0 Å². The zero-order valence-electron chi connectivity index (χ0n) is 15.4. The maximum atomic E-state index is 12.8. The van der Waals surface area contributed by atoms with Gasteiger partial charge in [-0.2, -0.15) is 0 Å². The van der Waals surface area contributed by atoms with Crippen molar-refractivity contribution in [2.24, 2.45) is 0 Å². The number of furan rings is 1. The Labute approximate surface area is 171 Å². The van der Waals surface area contributed by atoms with Crippen molar-refractivity contribution in [2.75, 3.05) is 25.0 Å². The number of carbonyl (C=O) groups is 2. The number of hydrogen-bond acceptors (Lipinski definition) is 3. The molecule has 1 aliphatic heterocycles. The van der Waals surface area contributed by atoms with Crippen LogP contribution in [-0.4, -0.2) is 47.4 Å². The predicted octanol–water partition coefficient (Wildman–Crippen LogP) is 4.57. The maximum absolute atomic E-state index is 12.8. The number of carbonyl (C=O) groups excluding carboxylic acids is 2. The number of halogens is 1. The van der Waals surface area contributed by atoms with Gasteiger partial charge in [0.1, 0.15) is 5.58 Å². The number of amides is 3. The summed E-state index contributed by atoms with van der Waals surface area (Å²) in [4.78, 5) is 29.0. The lowest BCUT2D eigenvalue weighted by atomic mass is 10.2. The Hall–Kier alpha value is -2.80. The number of para-hydroxylation sites is 2. The first-order valence-corrected chi connectivity index (χ1v) is 9.92. The van der Waals surface area contributed by atoms with Crippen LogP contribution >= 0.6 is 15.9 Å². The lowest BCUT2D eigenvalue weighted by Crippen LogP contribution is -2.56. The van der Waals surface area contributed by atoms with Crippen molar-refractivity contribution >= 4 is 44.5 Å². The van der Waals surface area contributed by atoms with E-state index >= 15 is 0 Å². The predicted molar refractivity (Wildman–Crippen MR) is 111 cm³/mol. The first-order chi connectivity index (χ1) is 13.5. The molecule has 1 N–H and O–H groups in total. The van der Waals surface area contributed by atoms with E-state index in [1.165, 1.54) is 0 Å². The average Bonchev–Trinajstić information content (AvgIpc) is 3.13. The number of fused-ring (bicyclic) bond motifs is 1. The zero-order chi connectivity index (χ0) is 19.7. The summed E-state index contributed by atoms with van der Waals surface area (Å²) in [5.41, 5.74) is 1.42. The van der Waals surface area contributed by atoms with Crippen LogP contribution in [0.4, 0.5) is 10.5 Å². The van der Waals surface area contributed by atoms with Crippen LogP contribution in [0, 0.1) is 0 Å². The Bertz CT molecular complexity index is 999. The molecule has 2 heterocycles. The Morgan fingerprint density at radius 1 is 1.11 bits per heavy atom. The summed E-state index contributed by atoms with van der Waals surface area (Å²) in [6.07, 6.45) is 0. The molecule has 0 saturated carbocycles. The molecule has 1 aliphatic rings. The normalized spacial score (nSPS) is 17.0. The lowest BCUT2D eigenvalue weighted by Gasteiger charge is -2.39. The number of rotatable bonds is 2. The van der Waals surface area contributed by atoms with Crippen molar-refractivity contribution in [1.29, 1.82) is 0 Å². The summed E-state index contributed by atoms with van der Waals surface area (Å²) < 4.78 is 6.52. The summed E-state index contributed by atoms with van der Waals surface area (Å²) in [5.74, 6) is 0.188. The number of nitrogens with zero attached hydrogens (tertiary/aromatic N) is 2. The molecular weight excluding hydrogens is 422 g/mol. The largest absolute Gasteiger partial charge is 0.451 e. The molecule has 1 aromatic heterocycles. The van der Waals surface area contributed by atoms with E-state index in [1.807, 2.05) is 55.5 Å². The standard InChI is InChI=1S/C21H20BrN3O3/c1-14-13-24(20(26)19-12-15-6-2-5-9-18(15)28-19)10-11-25(14)21(27)23-17-8-4-3-7-16(17)22/h2-9,12,14H,10-11,13H2,1H3,(H,23,27). The number of benzene rings is 2. The van der Waals surface area contributed by atoms with Gasteiger partial charge in [0.05, 0.1) is 5.69 Å². The molecule has 1 atom stereocenters. The van der Waals surface area contributed by atoms with E-state index in [2.05, 4.69) is 21.2 Å². The Balaban J connectivity index is 1.42. The highest BCUT2D eigenvalue weighted by Crippen LogP contribution is 2.24. The summed E-state index contributed by atoms with van der Waals surface area (Å²) in [6, 6.07) is 16.5. The molecule has 3 aromatic rings. The lowest BCUT2D eigenvalue weighted by molar-refractivity contribution is 0.0565. The van der Waals surface area contributed by atoms with E-state index in [9.17, 15) is 9.59 Å². The smallest absolute Gasteiger partial charge is 0.322 e. The molecule has 1 saturated heterocycles. The van der Waals surface area contributed by atoms with Crippen LogP contribution in [0.15, 0.2) is 63.5 Å². The van der Waals surface area contributed by atoms with E-state index < -0.39 is 0 Å². The molecule has 1 fully saturated rings. The fourth-order valence-electron chi connectivity index (χ4n) is 3.44. The van der Waals surface area contributed by atoms with Gasteiger partial charge in [0.25, 0.3) is 5.91 Å². The van der Waals surface area contributed by atoms with Crippen LogP contribution in [0.5, 0.6) is 0 Å². The summed E-state index contributed by atoms with van der Waals surface area (Å²) in [7, 11) is 0. The highest BCUT2D eigenvalue weighted by atomic mass is 79.9. The van der Waals surface area contributed by atoms with Gasteiger partial charge in [-0.05, 0) is 47.1 Å². The fraction of sp³-hybridized carbons (Fsp3) is 0.238. The second kappa shape index (κ2) is 7.67. The van der Waals surface area contributed by atoms with Crippen LogP contribution in [0.25, 0.3) is 11.0 Å². The average molecular weight is 442 g/mol. The van der Waals surface area contributed by atoms with Crippen molar-refractivity contribution in [3.05, 3.63) is 64.8 Å². The SMILES string of the molecule is CC1CN(C(=O)c2cc3ccccc3o2)CCN1C(=O)Nc1ccccc1Br. The Morgan fingerprint density at radius 2 is 1.86 bits per heavy atom. The number of nitrogens with one attached hydrogen (secondary N) is 1. The Kier molecular flexibility index (Phi) is 5.09. The number of hydrogen-bond donors (Lipinski definition) is 1. The monoisotopic (exact) mass is 441 g/mol. The minimum atomic E-state index is -0.171. The molecule has 3 amide bonds. The number of anilines is 1. The van der Waals surface area contributed by atoms with Gasteiger partial charge < -0.3 is 19.5 Å². The van der Waals surface area contributed by atoms with Crippen LogP contribution in [0.1, 0.15) is 17.5 Å². The van der Waals surface area contributed by atoms with Gasteiger partial charge in [0, 0.05) is 35.5 Å². The molecule has 0 aliphatic carbocycles. The molecule has 28 heavy (non-hydrogen) atoms. The van der Waals surface area contributed by atoms with Crippen LogP contribution < -0.4 is 5.32 Å². The molecular formula is C21H20BrN3O3. The van der Waals surface area contributed by atoms with E-state index in [1.54, 1.807) is 15.9 Å². The van der Waals surface area contributed by atoms with Crippen molar-refractivity contribution < 1.29 is 14.0 Å². The van der Waals surface area contributed by atoms with Crippen molar-refractivity contribution in [1.82, 2.24) is 9.80 Å². The summed E-state index contributed by atoms with van der Waals surface area (Å²) >= 11 is 3.44. The highest BCUT2D eigenvalue weighted by Gasteiger charge is 2.31. The maximum Gasteiger partial charge on any atom is 0.322 e. The van der Waals surface area contributed by atoms with Crippen LogP contribution in [-0.2, 0) is 0 Å². The van der Waals surface area contributed by atoms with Gasteiger partial charge in [-0.3, -0.25) is 4.79 Å². The first-order valence-electron chi connectivity index (χ1n) is 9.13. The quantitative estimate of drug-likeness (QED) is 0.632. The van der Waals surface area contributed by atoms with Gasteiger partial charge >= 0.3 is 6.03 Å². The van der Waals surface area contributed by atoms with Gasteiger partial charge in [-0.1, -0.05) is 30.3 Å². The summed E-state index contributed by atoms with van der Waals surface area (Å²) in [5, 5.41) is 3.83. The second-order valence-electron chi connectivity index (χ2n) is 6.85. The Morgan fingerprint density at radius 3 is 2.61 bits per heavy atom.